The SMILES string of the molecule is CCOC(=O)c1sc(NC(=O)CSC(C)(C)C)cc1C. The predicted molar refractivity (Wildman–Crippen MR) is 85.9 cm³/mol. The van der Waals surface area contributed by atoms with Gasteiger partial charge in [-0.25, -0.2) is 4.79 Å². The Balaban J connectivity index is 2.63. The van der Waals surface area contributed by atoms with Crippen molar-refractivity contribution in [2.45, 2.75) is 39.4 Å². The van der Waals surface area contributed by atoms with E-state index in [4.69, 9.17) is 4.74 Å². The van der Waals surface area contributed by atoms with E-state index in [9.17, 15) is 9.59 Å². The van der Waals surface area contributed by atoms with E-state index in [2.05, 4.69) is 26.1 Å². The molecule has 1 rings (SSSR count). The first kappa shape index (κ1) is 17.0. The van der Waals surface area contributed by atoms with Gasteiger partial charge in [-0.2, -0.15) is 0 Å². The third kappa shape index (κ3) is 5.54. The van der Waals surface area contributed by atoms with Crippen LogP contribution < -0.4 is 5.32 Å². The van der Waals surface area contributed by atoms with Gasteiger partial charge in [0, 0.05) is 4.75 Å². The number of nitrogens with one attached hydrogen (secondary N) is 1. The number of hydrogen-bond acceptors (Lipinski definition) is 5. The largest absolute Gasteiger partial charge is 0.462 e. The highest BCUT2D eigenvalue weighted by atomic mass is 32.2. The summed E-state index contributed by atoms with van der Waals surface area (Å²) in [7, 11) is 0. The van der Waals surface area contributed by atoms with Crippen LogP contribution in [-0.2, 0) is 9.53 Å². The Morgan fingerprint density at radius 3 is 2.60 bits per heavy atom. The summed E-state index contributed by atoms with van der Waals surface area (Å²) in [5, 5.41) is 3.51. The number of carbonyl (C=O) groups is 2. The van der Waals surface area contributed by atoms with E-state index >= 15 is 0 Å². The van der Waals surface area contributed by atoms with Crippen molar-refractivity contribution in [2.24, 2.45) is 0 Å². The van der Waals surface area contributed by atoms with Crippen LogP contribution in [0.5, 0.6) is 0 Å². The number of amides is 1. The first-order valence-corrected chi connectivity index (χ1v) is 8.24. The van der Waals surface area contributed by atoms with E-state index in [1.165, 1.54) is 11.3 Å². The molecule has 0 saturated carbocycles. The number of thiophene rings is 1. The van der Waals surface area contributed by atoms with Gasteiger partial charge in [0.15, 0.2) is 0 Å². The number of esters is 1. The highest BCUT2D eigenvalue weighted by Gasteiger charge is 2.17. The standard InChI is InChI=1S/C14H21NO3S2/c1-6-18-13(17)12-9(2)7-11(20-12)15-10(16)8-19-14(3,4)5/h7H,6,8H2,1-5H3,(H,15,16). The molecule has 1 N–H and O–H groups in total. The number of ether oxygens (including phenoxy) is 1. The summed E-state index contributed by atoms with van der Waals surface area (Å²) in [4.78, 5) is 24.1. The van der Waals surface area contributed by atoms with E-state index in [0.717, 1.165) is 5.56 Å². The minimum atomic E-state index is -0.334. The molecule has 0 aromatic carbocycles. The van der Waals surface area contributed by atoms with Gasteiger partial charge in [-0.3, -0.25) is 4.79 Å². The smallest absolute Gasteiger partial charge is 0.348 e. The molecule has 0 saturated heterocycles. The van der Waals surface area contributed by atoms with Crippen molar-refractivity contribution in [2.75, 3.05) is 17.7 Å². The van der Waals surface area contributed by atoms with Gasteiger partial charge in [0.2, 0.25) is 5.91 Å². The fourth-order valence-electron chi connectivity index (χ4n) is 1.40. The number of hydrogen-bond donors (Lipinski definition) is 1. The number of aryl methyl sites for hydroxylation is 1. The van der Waals surface area contributed by atoms with Crippen molar-refractivity contribution in [1.82, 2.24) is 0 Å². The average molecular weight is 315 g/mol. The van der Waals surface area contributed by atoms with Crippen LogP contribution in [0.1, 0.15) is 42.9 Å². The lowest BCUT2D eigenvalue weighted by molar-refractivity contribution is -0.113. The predicted octanol–water partition coefficient (Wildman–Crippen LogP) is 3.70. The van der Waals surface area contributed by atoms with Crippen molar-refractivity contribution in [1.29, 1.82) is 0 Å². The molecule has 1 heterocycles. The molecular formula is C14H21NO3S2. The zero-order valence-electron chi connectivity index (χ0n) is 12.5. The third-order valence-electron chi connectivity index (χ3n) is 2.28. The third-order valence-corrected chi connectivity index (χ3v) is 4.68. The maximum atomic E-state index is 11.8. The molecule has 4 nitrogen and oxygen atoms in total. The molecular weight excluding hydrogens is 294 g/mol. The normalized spacial score (nSPS) is 11.2. The van der Waals surface area contributed by atoms with Gasteiger partial charge >= 0.3 is 5.97 Å². The Kier molecular flexibility index (Phi) is 6.07. The fourth-order valence-corrected chi connectivity index (χ4v) is 3.02. The average Bonchev–Trinajstić information content (AvgIpc) is 2.67. The molecule has 0 aliphatic rings. The van der Waals surface area contributed by atoms with Crippen LogP contribution in [0.2, 0.25) is 0 Å². The summed E-state index contributed by atoms with van der Waals surface area (Å²) in [6, 6.07) is 1.80. The van der Waals surface area contributed by atoms with Crippen LogP contribution in [0.15, 0.2) is 6.07 Å². The van der Waals surface area contributed by atoms with Crippen molar-refractivity contribution in [3.05, 3.63) is 16.5 Å². The van der Waals surface area contributed by atoms with Crippen molar-refractivity contribution < 1.29 is 14.3 Å². The summed E-state index contributed by atoms with van der Waals surface area (Å²) < 4.78 is 5.03. The summed E-state index contributed by atoms with van der Waals surface area (Å²) in [6.07, 6.45) is 0. The monoisotopic (exact) mass is 315 g/mol. The van der Waals surface area contributed by atoms with E-state index in [1.54, 1.807) is 24.8 Å². The molecule has 0 aliphatic heterocycles. The highest BCUT2D eigenvalue weighted by Crippen LogP contribution is 2.28. The van der Waals surface area contributed by atoms with Crippen LogP contribution >= 0.6 is 23.1 Å². The maximum absolute atomic E-state index is 11.8. The molecule has 112 valence electrons. The van der Waals surface area contributed by atoms with Gasteiger partial charge in [0.1, 0.15) is 4.88 Å². The summed E-state index contributed by atoms with van der Waals surface area (Å²) in [5.41, 5.74) is 0.826. The van der Waals surface area contributed by atoms with Gasteiger partial charge in [-0.1, -0.05) is 20.8 Å². The molecule has 0 radical (unpaired) electrons. The molecule has 1 aromatic rings. The van der Waals surface area contributed by atoms with Gasteiger partial charge < -0.3 is 10.1 Å². The summed E-state index contributed by atoms with van der Waals surface area (Å²) >= 11 is 2.84. The molecule has 1 aromatic heterocycles. The van der Waals surface area contributed by atoms with Crippen LogP contribution in [0.25, 0.3) is 0 Å². The second-order valence-corrected chi connectivity index (χ2v) is 8.15. The van der Waals surface area contributed by atoms with E-state index < -0.39 is 0 Å². The Morgan fingerprint density at radius 2 is 2.05 bits per heavy atom. The Hall–Kier alpha value is -1.01. The number of anilines is 1. The summed E-state index contributed by atoms with van der Waals surface area (Å²) in [5.74, 6) is 0.0102. The van der Waals surface area contributed by atoms with E-state index in [0.29, 0.717) is 22.2 Å². The lowest BCUT2D eigenvalue weighted by atomic mass is 10.3. The first-order chi connectivity index (χ1) is 9.23. The minimum absolute atomic E-state index is 0.0541. The van der Waals surface area contributed by atoms with Crippen molar-refractivity contribution in [3.8, 4) is 0 Å². The molecule has 0 unspecified atom stereocenters. The van der Waals surface area contributed by atoms with E-state index in [-0.39, 0.29) is 16.6 Å². The minimum Gasteiger partial charge on any atom is -0.462 e. The molecule has 0 aliphatic carbocycles. The molecule has 0 spiro atoms. The number of carbonyl (C=O) groups excluding carboxylic acids is 2. The second-order valence-electron chi connectivity index (χ2n) is 5.29. The quantitative estimate of drug-likeness (QED) is 0.842. The topological polar surface area (TPSA) is 55.4 Å². The van der Waals surface area contributed by atoms with Crippen LogP contribution in [0.3, 0.4) is 0 Å². The molecule has 1 amide bonds. The molecule has 0 atom stereocenters. The van der Waals surface area contributed by atoms with Crippen LogP contribution in [0.4, 0.5) is 5.00 Å². The van der Waals surface area contributed by atoms with Gasteiger partial charge in [-0.05, 0) is 25.5 Å². The van der Waals surface area contributed by atoms with Crippen molar-refractivity contribution in [3.63, 3.8) is 0 Å². The lowest BCUT2D eigenvalue weighted by Crippen LogP contribution is -2.18. The Labute approximate surface area is 128 Å². The number of thioether (sulfide) groups is 1. The zero-order chi connectivity index (χ0) is 15.3. The van der Waals surface area contributed by atoms with Gasteiger partial charge in [-0.15, -0.1) is 23.1 Å². The first-order valence-electron chi connectivity index (χ1n) is 6.44. The molecule has 0 bridgehead atoms. The fraction of sp³-hybridized carbons (Fsp3) is 0.571. The van der Waals surface area contributed by atoms with E-state index in [1.807, 2.05) is 6.92 Å². The van der Waals surface area contributed by atoms with Crippen LogP contribution in [-0.4, -0.2) is 29.0 Å². The molecule has 0 fully saturated rings. The van der Waals surface area contributed by atoms with Gasteiger partial charge in [0.05, 0.1) is 17.4 Å². The van der Waals surface area contributed by atoms with Gasteiger partial charge in [0.25, 0.3) is 0 Å². The number of rotatable bonds is 5. The maximum Gasteiger partial charge on any atom is 0.348 e. The molecule has 20 heavy (non-hydrogen) atoms. The highest BCUT2D eigenvalue weighted by molar-refractivity contribution is 8.01. The Morgan fingerprint density at radius 1 is 1.40 bits per heavy atom. The molecule has 6 heteroatoms. The second kappa shape index (κ2) is 7.13. The summed E-state index contributed by atoms with van der Waals surface area (Å²) in [6.45, 7) is 10.2. The van der Waals surface area contributed by atoms with Crippen LogP contribution in [0, 0.1) is 6.92 Å². The lowest BCUT2D eigenvalue weighted by Gasteiger charge is -2.16. The van der Waals surface area contributed by atoms with Crippen molar-refractivity contribution >= 4 is 40.0 Å². The Bertz CT molecular complexity index is 489. The zero-order valence-corrected chi connectivity index (χ0v) is 14.2.